The number of likely N-dealkylation sites (N-methyl/N-ethyl adjacent to an activating group) is 1. The fourth-order valence-electron chi connectivity index (χ4n) is 5.18. The second kappa shape index (κ2) is 11.4. The Morgan fingerprint density at radius 1 is 1.05 bits per heavy atom. The monoisotopic (exact) mass is 514 g/mol. The van der Waals surface area contributed by atoms with Crippen LogP contribution in [-0.2, 0) is 14.3 Å². The number of hydrogen-bond acceptors (Lipinski definition) is 7. The minimum Gasteiger partial charge on any atom is -0.497 e. The van der Waals surface area contributed by atoms with Gasteiger partial charge in [-0.25, -0.2) is 9.59 Å². The van der Waals surface area contributed by atoms with Gasteiger partial charge in [0.25, 0.3) is 0 Å². The third-order valence-corrected chi connectivity index (χ3v) is 7.25. The van der Waals surface area contributed by atoms with E-state index in [2.05, 4.69) is 17.1 Å². The van der Waals surface area contributed by atoms with Crippen LogP contribution in [-0.4, -0.2) is 92.2 Å². The lowest BCUT2D eigenvalue weighted by Gasteiger charge is -2.43. The molecule has 1 aromatic carbocycles. The first kappa shape index (κ1) is 26.8. The second-order valence-corrected chi connectivity index (χ2v) is 9.74. The number of urea groups is 1. The number of rotatable bonds is 9. The van der Waals surface area contributed by atoms with Crippen molar-refractivity contribution in [2.45, 2.75) is 45.7 Å². The van der Waals surface area contributed by atoms with Crippen molar-refractivity contribution in [2.24, 2.45) is 5.92 Å². The predicted octanol–water partition coefficient (Wildman–Crippen LogP) is 2.55. The lowest BCUT2D eigenvalue weighted by Crippen LogP contribution is -2.56. The Labute approximate surface area is 218 Å². The average molecular weight is 515 g/mol. The smallest absolute Gasteiger partial charge is 0.338 e. The Morgan fingerprint density at radius 3 is 2.27 bits per heavy atom. The summed E-state index contributed by atoms with van der Waals surface area (Å²) in [6.07, 6.45) is 1.97. The molecule has 1 N–H and O–H groups in total. The van der Waals surface area contributed by atoms with Gasteiger partial charge in [-0.05, 0) is 51.3 Å². The van der Waals surface area contributed by atoms with E-state index in [9.17, 15) is 14.4 Å². The van der Waals surface area contributed by atoms with Gasteiger partial charge in [-0.2, -0.15) is 0 Å². The van der Waals surface area contributed by atoms with Crippen LogP contribution in [0.2, 0.25) is 0 Å². The molecule has 0 bridgehead atoms. The van der Waals surface area contributed by atoms with Crippen LogP contribution in [0.4, 0.5) is 4.79 Å². The third kappa shape index (κ3) is 5.69. The van der Waals surface area contributed by atoms with Crippen LogP contribution in [0.15, 0.2) is 29.5 Å². The Morgan fingerprint density at radius 2 is 1.73 bits per heavy atom. The number of nitrogens with zero attached hydrogens (tertiary/aromatic N) is 3. The molecule has 0 radical (unpaired) electrons. The largest absolute Gasteiger partial charge is 0.497 e. The number of methoxy groups -OCH3 is 2. The molecule has 0 spiro atoms. The quantitative estimate of drug-likeness (QED) is 0.506. The highest BCUT2D eigenvalue weighted by Gasteiger charge is 2.41. The number of carbonyl (C=O) groups excluding carboxylic acids is 3. The Bertz CT molecular complexity index is 1050. The maximum atomic E-state index is 13.4. The molecule has 1 aromatic rings. The van der Waals surface area contributed by atoms with Crippen molar-refractivity contribution in [3.8, 4) is 11.5 Å². The van der Waals surface area contributed by atoms with Crippen molar-refractivity contribution in [2.75, 3.05) is 53.6 Å². The van der Waals surface area contributed by atoms with Gasteiger partial charge in [-0.3, -0.25) is 14.6 Å². The number of amides is 3. The van der Waals surface area contributed by atoms with E-state index in [-0.39, 0.29) is 30.5 Å². The van der Waals surface area contributed by atoms with E-state index in [0.717, 1.165) is 12.8 Å². The molecule has 0 aromatic heterocycles. The summed E-state index contributed by atoms with van der Waals surface area (Å²) in [5.41, 5.74) is 1.67. The van der Waals surface area contributed by atoms with Crippen LogP contribution in [0.5, 0.6) is 11.5 Å². The van der Waals surface area contributed by atoms with Gasteiger partial charge in [0, 0.05) is 56.4 Å². The first-order valence-electron chi connectivity index (χ1n) is 13.0. The van der Waals surface area contributed by atoms with Gasteiger partial charge in [0.2, 0.25) is 5.91 Å². The summed E-state index contributed by atoms with van der Waals surface area (Å²) in [5.74, 6) is 1.06. The van der Waals surface area contributed by atoms with Gasteiger partial charge >= 0.3 is 12.0 Å². The SMILES string of the molecule is CCOC(=O)C1=C(CN2CCN(C(=O)C3CC3)C(C)C2)N(CC)C(=O)NC1c1cc(OC)cc(OC)c1. The van der Waals surface area contributed by atoms with Crippen LogP contribution in [0.25, 0.3) is 0 Å². The van der Waals surface area contributed by atoms with Gasteiger partial charge in [0.1, 0.15) is 11.5 Å². The second-order valence-electron chi connectivity index (χ2n) is 9.74. The van der Waals surface area contributed by atoms with E-state index in [1.165, 1.54) is 0 Å². The Balaban J connectivity index is 1.70. The molecule has 202 valence electrons. The lowest BCUT2D eigenvalue weighted by atomic mass is 9.93. The standard InChI is InChI=1S/C27H38N4O6/c1-6-30-22(16-29-10-11-31(17(3)15-29)25(32)18-8-9-18)23(26(33)37-7-2)24(28-27(30)34)19-12-20(35-4)14-21(13-19)36-5/h12-14,17-18,24H,6-11,15-16H2,1-5H3,(H,28,34). The molecule has 3 amide bonds. The molecule has 2 atom stereocenters. The highest BCUT2D eigenvalue weighted by Crippen LogP contribution is 2.36. The van der Waals surface area contributed by atoms with E-state index in [4.69, 9.17) is 14.2 Å². The van der Waals surface area contributed by atoms with E-state index in [0.29, 0.717) is 61.1 Å². The molecule has 2 fully saturated rings. The fourth-order valence-corrected chi connectivity index (χ4v) is 5.18. The zero-order valence-corrected chi connectivity index (χ0v) is 22.4. The molecule has 2 unspecified atom stereocenters. The molecular formula is C27H38N4O6. The Kier molecular flexibility index (Phi) is 8.26. The highest BCUT2D eigenvalue weighted by atomic mass is 16.5. The number of piperazine rings is 1. The van der Waals surface area contributed by atoms with E-state index in [1.54, 1.807) is 44.2 Å². The molecule has 3 aliphatic rings. The van der Waals surface area contributed by atoms with Crippen molar-refractivity contribution in [3.05, 3.63) is 35.0 Å². The van der Waals surface area contributed by atoms with Crippen LogP contribution in [0.1, 0.15) is 45.2 Å². The number of carbonyl (C=O) groups is 3. The molecule has 1 aliphatic carbocycles. The van der Waals surface area contributed by atoms with E-state index in [1.807, 2.05) is 11.8 Å². The zero-order chi connectivity index (χ0) is 26.7. The molecule has 2 aliphatic heterocycles. The normalized spacial score (nSPS) is 22.6. The third-order valence-electron chi connectivity index (χ3n) is 7.25. The summed E-state index contributed by atoms with van der Waals surface area (Å²) in [4.78, 5) is 45.2. The molecular weight excluding hydrogens is 476 g/mol. The summed E-state index contributed by atoms with van der Waals surface area (Å²) in [6.45, 7) is 8.66. The lowest BCUT2D eigenvalue weighted by molar-refractivity contribution is -0.139. The van der Waals surface area contributed by atoms with Gasteiger partial charge < -0.3 is 24.4 Å². The fraction of sp³-hybridized carbons (Fsp3) is 0.593. The number of ether oxygens (including phenoxy) is 3. The van der Waals surface area contributed by atoms with Gasteiger partial charge in [-0.15, -0.1) is 0 Å². The maximum absolute atomic E-state index is 13.4. The van der Waals surface area contributed by atoms with Crippen LogP contribution in [0, 0.1) is 5.92 Å². The van der Waals surface area contributed by atoms with Crippen molar-refractivity contribution in [1.29, 1.82) is 0 Å². The number of nitrogens with one attached hydrogen (secondary N) is 1. The van der Waals surface area contributed by atoms with Crippen molar-refractivity contribution in [1.82, 2.24) is 20.0 Å². The van der Waals surface area contributed by atoms with Gasteiger partial charge in [0.15, 0.2) is 0 Å². The maximum Gasteiger partial charge on any atom is 0.338 e. The number of benzene rings is 1. The molecule has 10 nitrogen and oxygen atoms in total. The highest BCUT2D eigenvalue weighted by molar-refractivity contribution is 5.95. The van der Waals surface area contributed by atoms with Crippen molar-refractivity contribution < 1.29 is 28.6 Å². The predicted molar refractivity (Wildman–Crippen MR) is 137 cm³/mol. The summed E-state index contributed by atoms with van der Waals surface area (Å²) in [5, 5.41) is 2.99. The molecule has 10 heteroatoms. The zero-order valence-electron chi connectivity index (χ0n) is 22.4. The van der Waals surface area contributed by atoms with Crippen LogP contribution in [0.3, 0.4) is 0 Å². The minimum atomic E-state index is -0.733. The van der Waals surface area contributed by atoms with E-state index >= 15 is 0 Å². The average Bonchev–Trinajstić information content (AvgIpc) is 3.73. The molecule has 1 saturated carbocycles. The first-order valence-corrected chi connectivity index (χ1v) is 13.0. The first-order chi connectivity index (χ1) is 17.8. The number of hydrogen-bond donors (Lipinski definition) is 1. The molecule has 4 rings (SSSR count). The summed E-state index contributed by atoms with van der Waals surface area (Å²) in [7, 11) is 3.11. The molecule has 1 saturated heterocycles. The topological polar surface area (TPSA) is 101 Å². The van der Waals surface area contributed by atoms with Crippen molar-refractivity contribution >= 4 is 17.9 Å². The van der Waals surface area contributed by atoms with Crippen molar-refractivity contribution in [3.63, 3.8) is 0 Å². The van der Waals surface area contributed by atoms with Crippen LogP contribution >= 0.6 is 0 Å². The number of esters is 1. The summed E-state index contributed by atoms with van der Waals surface area (Å²) < 4.78 is 16.4. The van der Waals surface area contributed by atoms with E-state index < -0.39 is 12.0 Å². The Hall–Kier alpha value is -3.27. The molecule has 2 heterocycles. The summed E-state index contributed by atoms with van der Waals surface area (Å²) >= 11 is 0. The minimum absolute atomic E-state index is 0.0550. The van der Waals surface area contributed by atoms with Crippen LogP contribution < -0.4 is 14.8 Å². The molecule has 37 heavy (non-hydrogen) atoms. The van der Waals surface area contributed by atoms with Gasteiger partial charge in [0.05, 0.1) is 32.4 Å². The van der Waals surface area contributed by atoms with Gasteiger partial charge in [-0.1, -0.05) is 0 Å². The summed E-state index contributed by atoms with van der Waals surface area (Å²) in [6, 6.07) is 4.35.